The lowest BCUT2D eigenvalue weighted by Crippen LogP contribution is -2.50. The van der Waals surface area contributed by atoms with Crippen molar-refractivity contribution in [3.63, 3.8) is 0 Å². The molecule has 0 bridgehead atoms. The Kier molecular flexibility index (Phi) is 6.93. The zero-order chi connectivity index (χ0) is 26.8. The van der Waals surface area contributed by atoms with Crippen LogP contribution in [-0.4, -0.2) is 30.2 Å². The summed E-state index contributed by atoms with van der Waals surface area (Å²) in [4.78, 5) is 48.2. The molecule has 2 atom stereocenters. The first-order valence-electron chi connectivity index (χ1n) is 11.6. The summed E-state index contributed by atoms with van der Waals surface area (Å²) < 4.78 is 21.2. The molecule has 0 amide bonds. The number of nitrogens with zero attached hydrogens (tertiary/aromatic N) is 4. The third-order valence-corrected chi connectivity index (χ3v) is 6.33. The van der Waals surface area contributed by atoms with E-state index >= 15 is 0 Å². The monoisotopic (exact) mass is 537 g/mol. The number of rotatable bonds is 8. The molecule has 2 aromatic heterocycles. The Morgan fingerprint density at radius 2 is 1.84 bits per heavy atom. The highest BCUT2D eigenvalue weighted by molar-refractivity contribution is 6.30. The molecule has 2 aromatic carbocycles. The van der Waals surface area contributed by atoms with E-state index in [-0.39, 0.29) is 30.5 Å². The van der Waals surface area contributed by atoms with Crippen molar-refractivity contribution in [1.82, 2.24) is 19.1 Å². The third-order valence-electron chi connectivity index (χ3n) is 6.08. The first kappa shape index (κ1) is 25.2. The summed E-state index contributed by atoms with van der Waals surface area (Å²) in [5.74, 6) is -2.00. The molecule has 0 saturated heterocycles. The number of carboxylic acids is 1. The van der Waals surface area contributed by atoms with Crippen molar-refractivity contribution in [2.75, 3.05) is 0 Å². The van der Waals surface area contributed by atoms with Crippen molar-refractivity contribution in [2.24, 2.45) is 16.8 Å². The number of aliphatic carboxylic acids is 1. The van der Waals surface area contributed by atoms with Gasteiger partial charge in [-0.3, -0.25) is 14.3 Å². The van der Waals surface area contributed by atoms with Crippen LogP contribution >= 0.6 is 11.6 Å². The van der Waals surface area contributed by atoms with Crippen LogP contribution in [0.4, 0.5) is 10.1 Å². The minimum Gasteiger partial charge on any atom is -0.481 e. The number of carbonyl (C=O) groups is 1. The van der Waals surface area contributed by atoms with Crippen LogP contribution in [0, 0.1) is 17.8 Å². The smallest absolute Gasteiger partial charge is 0.335 e. The first-order valence-corrected chi connectivity index (χ1v) is 12.0. The van der Waals surface area contributed by atoms with E-state index < -0.39 is 29.2 Å². The lowest BCUT2D eigenvalue weighted by molar-refractivity contribution is -0.138. The number of aromatic amines is 1. The van der Waals surface area contributed by atoms with Crippen LogP contribution in [0.1, 0.15) is 12.0 Å². The van der Waals surface area contributed by atoms with Crippen molar-refractivity contribution in [3.8, 4) is 11.6 Å². The number of hydrogen-bond acceptors (Lipinski definition) is 6. The van der Waals surface area contributed by atoms with Gasteiger partial charge in [0.2, 0.25) is 17.4 Å². The number of carboxylic acid groups (broad SMARTS) is 1. The van der Waals surface area contributed by atoms with E-state index in [9.17, 15) is 23.9 Å². The van der Waals surface area contributed by atoms with Crippen LogP contribution in [0.15, 0.2) is 81.3 Å². The average molecular weight is 538 g/mol. The second-order valence-corrected chi connectivity index (χ2v) is 9.24. The molecule has 5 rings (SSSR count). The molecular weight excluding hydrogens is 517 g/mol. The van der Waals surface area contributed by atoms with Gasteiger partial charge in [0, 0.05) is 17.6 Å². The fourth-order valence-corrected chi connectivity index (χ4v) is 4.11. The topological polar surface area (TPSA) is 132 Å². The molecule has 10 nitrogen and oxygen atoms in total. The van der Waals surface area contributed by atoms with Crippen LogP contribution in [-0.2, 0) is 17.9 Å². The van der Waals surface area contributed by atoms with Crippen molar-refractivity contribution in [2.45, 2.75) is 19.5 Å². The minimum absolute atomic E-state index is 0.00776. The predicted octanol–water partition coefficient (Wildman–Crippen LogP) is 3.32. The number of halogens is 2. The molecule has 2 N–H and O–H groups in total. The maximum atomic E-state index is 13.4. The molecule has 0 radical (unpaired) electrons. The quantitative estimate of drug-likeness (QED) is 0.331. The molecule has 0 spiro atoms. The largest absolute Gasteiger partial charge is 0.481 e. The number of ether oxygens (including phenoxy) is 1. The van der Waals surface area contributed by atoms with Crippen molar-refractivity contribution < 1.29 is 19.0 Å². The number of H-pyrrole nitrogens is 1. The number of pyridine rings is 1. The molecule has 0 aliphatic heterocycles. The lowest BCUT2D eigenvalue weighted by atomic mass is 10.2. The maximum absolute atomic E-state index is 13.4. The summed E-state index contributed by atoms with van der Waals surface area (Å²) in [6.45, 7) is 0.0806. The summed E-state index contributed by atoms with van der Waals surface area (Å²) in [6, 6.07) is 17.5. The van der Waals surface area contributed by atoms with E-state index in [2.05, 4.69) is 15.0 Å². The Balaban J connectivity index is 1.50. The summed E-state index contributed by atoms with van der Waals surface area (Å²) in [5.41, 5.74) is -0.134. The highest BCUT2D eigenvalue weighted by Gasteiger charge is 2.43. The zero-order valence-corrected chi connectivity index (χ0v) is 20.5. The molecule has 2 unspecified atom stereocenters. The van der Waals surface area contributed by atoms with E-state index in [0.29, 0.717) is 22.9 Å². The minimum atomic E-state index is -0.944. The number of aromatic nitrogens is 4. The summed E-state index contributed by atoms with van der Waals surface area (Å²) in [6.07, 6.45) is 0.407. The van der Waals surface area contributed by atoms with Gasteiger partial charge in [0.25, 0.3) is 0 Å². The van der Waals surface area contributed by atoms with E-state index in [4.69, 9.17) is 16.3 Å². The second-order valence-electron chi connectivity index (χ2n) is 8.81. The molecule has 194 valence electrons. The predicted molar refractivity (Wildman–Crippen MR) is 135 cm³/mol. The van der Waals surface area contributed by atoms with Gasteiger partial charge >= 0.3 is 17.3 Å². The van der Waals surface area contributed by atoms with Crippen LogP contribution in [0.3, 0.4) is 0 Å². The molecule has 12 heteroatoms. The molecule has 1 aliphatic rings. The van der Waals surface area contributed by atoms with Crippen LogP contribution in [0.2, 0.25) is 5.02 Å². The Morgan fingerprint density at radius 3 is 2.50 bits per heavy atom. The highest BCUT2D eigenvalue weighted by atomic mass is 35.5. The number of hydrogen-bond donors (Lipinski definition) is 2. The molecule has 2 heterocycles. The van der Waals surface area contributed by atoms with Gasteiger partial charge in [0.05, 0.1) is 18.2 Å². The van der Waals surface area contributed by atoms with E-state index in [1.807, 2.05) is 0 Å². The van der Waals surface area contributed by atoms with Crippen molar-refractivity contribution in [3.05, 3.63) is 110 Å². The van der Waals surface area contributed by atoms with Gasteiger partial charge in [-0.1, -0.05) is 29.8 Å². The Labute approximate surface area is 219 Å². The van der Waals surface area contributed by atoms with Crippen LogP contribution < -0.4 is 21.7 Å². The van der Waals surface area contributed by atoms with E-state index in [0.717, 1.165) is 10.1 Å². The van der Waals surface area contributed by atoms with Crippen molar-refractivity contribution in [1.29, 1.82) is 0 Å². The summed E-state index contributed by atoms with van der Waals surface area (Å²) in [5, 5.41) is 9.74. The highest BCUT2D eigenvalue weighted by Crippen LogP contribution is 2.39. The summed E-state index contributed by atoms with van der Waals surface area (Å²) >= 11 is 5.99. The molecule has 38 heavy (non-hydrogen) atoms. The second kappa shape index (κ2) is 10.5. The lowest BCUT2D eigenvalue weighted by Gasteiger charge is -2.11. The van der Waals surface area contributed by atoms with Crippen LogP contribution in [0.25, 0.3) is 0 Å². The molecule has 1 aliphatic carbocycles. The Hall–Kier alpha value is -4.51. The third kappa shape index (κ3) is 5.73. The fourth-order valence-electron chi connectivity index (χ4n) is 3.98. The fraction of sp³-hybridized carbons (Fsp3) is 0.192. The van der Waals surface area contributed by atoms with E-state index in [1.54, 1.807) is 48.5 Å². The van der Waals surface area contributed by atoms with Gasteiger partial charge in [-0.05, 0) is 60.4 Å². The zero-order valence-electron chi connectivity index (χ0n) is 19.8. The SMILES string of the molecule is O=C(O)C1CC1Cn1c(=O)[nH]c(=Nc2ccc(Oc3cccc(F)n3)cc2)n(Cc2ccc(Cl)cc2)c1=O. The number of benzene rings is 2. The van der Waals surface area contributed by atoms with Crippen molar-refractivity contribution >= 4 is 23.3 Å². The van der Waals surface area contributed by atoms with Gasteiger partial charge in [-0.25, -0.2) is 19.1 Å². The molecular formula is C26H21ClFN5O5. The standard InChI is InChI=1S/C26H21ClFN5O5/c27-17-6-4-15(5-7-17)13-32-24(31-25(36)33(26(32)37)14-16-12-20(16)23(34)35)29-18-8-10-19(11-9-18)38-22-3-1-2-21(28)30-22/h1-11,16,20H,12-14H2,(H,34,35)(H,29,31,36). The molecule has 1 saturated carbocycles. The Bertz CT molecular complexity index is 1680. The van der Waals surface area contributed by atoms with Gasteiger partial charge in [0.15, 0.2) is 0 Å². The van der Waals surface area contributed by atoms with Gasteiger partial charge in [-0.2, -0.15) is 9.37 Å². The number of nitrogens with one attached hydrogen (secondary N) is 1. The average Bonchev–Trinajstić information content (AvgIpc) is 3.66. The molecule has 4 aromatic rings. The van der Waals surface area contributed by atoms with Gasteiger partial charge < -0.3 is 9.84 Å². The first-order chi connectivity index (χ1) is 18.3. The molecule has 1 fully saturated rings. The van der Waals surface area contributed by atoms with Crippen LogP contribution in [0.5, 0.6) is 11.6 Å². The Morgan fingerprint density at radius 1 is 1.11 bits per heavy atom. The summed E-state index contributed by atoms with van der Waals surface area (Å²) in [7, 11) is 0. The maximum Gasteiger partial charge on any atom is 0.335 e. The van der Waals surface area contributed by atoms with E-state index in [1.165, 1.54) is 22.8 Å². The van der Waals surface area contributed by atoms with Gasteiger partial charge in [-0.15, -0.1) is 0 Å². The van der Waals surface area contributed by atoms with Gasteiger partial charge in [0.1, 0.15) is 5.75 Å². The normalized spacial score (nSPS) is 16.8.